The summed E-state index contributed by atoms with van der Waals surface area (Å²) in [5.74, 6) is -0.777. The number of halogens is 2. The quantitative estimate of drug-likeness (QED) is 0.854. The van der Waals surface area contributed by atoms with E-state index in [4.69, 9.17) is 10.8 Å². The summed E-state index contributed by atoms with van der Waals surface area (Å²) in [7, 11) is 0. The molecule has 1 rings (SSSR count). The van der Waals surface area contributed by atoms with Crippen LogP contribution in [0.1, 0.15) is 30.9 Å². The fourth-order valence-electron chi connectivity index (χ4n) is 1.43. The van der Waals surface area contributed by atoms with E-state index < -0.39 is 5.97 Å². The summed E-state index contributed by atoms with van der Waals surface area (Å²) in [5.41, 5.74) is 7.01. The zero-order valence-electron chi connectivity index (χ0n) is 8.62. The van der Waals surface area contributed by atoms with Gasteiger partial charge in [0.05, 0.1) is 0 Å². The summed E-state index contributed by atoms with van der Waals surface area (Å²) in [6.07, 6.45) is 1.43. The lowest BCUT2D eigenvalue weighted by Crippen LogP contribution is -2.11. The van der Waals surface area contributed by atoms with Crippen molar-refractivity contribution in [3.63, 3.8) is 0 Å². The molecule has 3 nitrogen and oxygen atoms in total. The van der Waals surface area contributed by atoms with Crippen molar-refractivity contribution in [2.45, 2.75) is 25.3 Å². The summed E-state index contributed by atoms with van der Waals surface area (Å²) in [6.45, 7) is 0. The van der Waals surface area contributed by atoms with Gasteiger partial charge < -0.3 is 10.8 Å². The van der Waals surface area contributed by atoms with E-state index in [-0.39, 0.29) is 12.5 Å². The van der Waals surface area contributed by atoms with Crippen LogP contribution in [-0.4, -0.2) is 11.1 Å². The van der Waals surface area contributed by atoms with Crippen LogP contribution in [0.5, 0.6) is 0 Å². The Morgan fingerprint density at radius 1 is 1.44 bits per heavy atom. The zero-order valence-corrected chi connectivity index (χ0v) is 11.8. The van der Waals surface area contributed by atoms with Gasteiger partial charge in [-0.3, -0.25) is 4.79 Å². The van der Waals surface area contributed by atoms with Crippen molar-refractivity contribution in [2.24, 2.45) is 5.73 Å². The van der Waals surface area contributed by atoms with Gasteiger partial charge in [-0.2, -0.15) is 0 Å². The number of rotatable bonds is 5. The van der Waals surface area contributed by atoms with Crippen LogP contribution in [0.3, 0.4) is 0 Å². The van der Waals surface area contributed by atoms with Crippen LogP contribution >= 0.6 is 31.9 Å². The lowest BCUT2D eigenvalue weighted by molar-refractivity contribution is -0.137. The second-order valence-corrected chi connectivity index (χ2v) is 5.33. The number of nitrogens with two attached hydrogens (primary N) is 1. The smallest absolute Gasteiger partial charge is 0.303 e. The van der Waals surface area contributed by atoms with Crippen molar-refractivity contribution in [1.29, 1.82) is 0 Å². The number of aliphatic carboxylic acids is 1. The largest absolute Gasteiger partial charge is 0.481 e. The van der Waals surface area contributed by atoms with Crippen LogP contribution < -0.4 is 5.73 Å². The van der Waals surface area contributed by atoms with Gasteiger partial charge in [0.25, 0.3) is 0 Å². The summed E-state index contributed by atoms with van der Waals surface area (Å²) < 4.78 is 1.93. The molecular formula is C11H13Br2NO2. The van der Waals surface area contributed by atoms with Gasteiger partial charge in [0.2, 0.25) is 0 Å². The predicted molar refractivity (Wildman–Crippen MR) is 70.3 cm³/mol. The highest BCUT2D eigenvalue weighted by atomic mass is 79.9. The fourth-order valence-corrected chi connectivity index (χ4v) is 2.35. The first kappa shape index (κ1) is 13.7. The van der Waals surface area contributed by atoms with Crippen LogP contribution in [0.2, 0.25) is 0 Å². The molecule has 1 unspecified atom stereocenters. The lowest BCUT2D eigenvalue weighted by atomic mass is 10.0. The molecule has 5 heteroatoms. The van der Waals surface area contributed by atoms with Crippen LogP contribution in [0.25, 0.3) is 0 Å². The van der Waals surface area contributed by atoms with Crippen molar-refractivity contribution >= 4 is 37.8 Å². The van der Waals surface area contributed by atoms with Gasteiger partial charge in [-0.25, -0.2) is 0 Å². The molecular weight excluding hydrogens is 338 g/mol. The number of carboxylic acid groups (broad SMARTS) is 1. The summed E-state index contributed by atoms with van der Waals surface area (Å²) >= 11 is 6.82. The highest BCUT2D eigenvalue weighted by Gasteiger charge is 2.10. The Labute approximate surface area is 111 Å². The van der Waals surface area contributed by atoms with Crippen LogP contribution in [0.4, 0.5) is 0 Å². The van der Waals surface area contributed by atoms with Crippen molar-refractivity contribution in [3.8, 4) is 0 Å². The maximum Gasteiger partial charge on any atom is 0.303 e. The molecule has 0 fully saturated rings. The van der Waals surface area contributed by atoms with Crippen molar-refractivity contribution in [2.75, 3.05) is 0 Å². The number of hydrogen-bond acceptors (Lipinski definition) is 2. The average molecular weight is 351 g/mol. The van der Waals surface area contributed by atoms with E-state index >= 15 is 0 Å². The third-order valence-electron chi connectivity index (χ3n) is 2.26. The van der Waals surface area contributed by atoms with Gasteiger partial charge in [0.15, 0.2) is 0 Å². The van der Waals surface area contributed by atoms with Gasteiger partial charge in [-0.15, -0.1) is 0 Å². The Bertz CT molecular complexity index is 382. The minimum absolute atomic E-state index is 0.133. The zero-order chi connectivity index (χ0) is 12.1. The van der Waals surface area contributed by atoms with Gasteiger partial charge in [-0.05, 0) is 36.6 Å². The molecule has 0 amide bonds. The average Bonchev–Trinajstić information content (AvgIpc) is 2.21. The first-order valence-electron chi connectivity index (χ1n) is 4.93. The molecule has 3 N–H and O–H groups in total. The molecule has 0 aliphatic carbocycles. The SMILES string of the molecule is NC(CCCC(=O)O)c1cc(Br)ccc1Br. The number of benzene rings is 1. The molecule has 0 saturated heterocycles. The lowest BCUT2D eigenvalue weighted by Gasteiger charge is -2.13. The maximum absolute atomic E-state index is 10.4. The minimum atomic E-state index is -0.777. The van der Waals surface area contributed by atoms with E-state index in [9.17, 15) is 4.79 Å². The summed E-state index contributed by atoms with van der Waals surface area (Å²) in [4.78, 5) is 10.4. The molecule has 88 valence electrons. The van der Waals surface area contributed by atoms with Crippen LogP contribution in [-0.2, 0) is 4.79 Å². The molecule has 1 aromatic carbocycles. The van der Waals surface area contributed by atoms with Crippen molar-refractivity contribution < 1.29 is 9.90 Å². The molecule has 16 heavy (non-hydrogen) atoms. The summed E-state index contributed by atoms with van der Waals surface area (Å²) in [6, 6.07) is 5.68. The van der Waals surface area contributed by atoms with E-state index in [1.807, 2.05) is 18.2 Å². The van der Waals surface area contributed by atoms with Crippen LogP contribution in [0.15, 0.2) is 27.1 Å². The Morgan fingerprint density at radius 3 is 2.75 bits per heavy atom. The minimum Gasteiger partial charge on any atom is -0.481 e. The highest BCUT2D eigenvalue weighted by Crippen LogP contribution is 2.28. The molecule has 0 heterocycles. The van der Waals surface area contributed by atoms with E-state index in [1.54, 1.807) is 0 Å². The van der Waals surface area contributed by atoms with Crippen molar-refractivity contribution in [3.05, 3.63) is 32.7 Å². The number of carboxylic acids is 1. The molecule has 0 bridgehead atoms. The topological polar surface area (TPSA) is 63.3 Å². The van der Waals surface area contributed by atoms with E-state index in [1.165, 1.54) is 0 Å². The summed E-state index contributed by atoms with van der Waals surface area (Å²) in [5, 5.41) is 8.54. The van der Waals surface area contributed by atoms with E-state index in [0.29, 0.717) is 12.8 Å². The van der Waals surface area contributed by atoms with E-state index in [2.05, 4.69) is 31.9 Å². The highest BCUT2D eigenvalue weighted by molar-refractivity contribution is 9.11. The van der Waals surface area contributed by atoms with Gasteiger partial charge in [0.1, 0.15) is 0 Å². The molecule has 1 atom stereocenters. The molecule has 0 spiro atoms. The molecule has 0 saturated carbocycles. The third-order valence-corrected chi connectivity index (χ3v) is 3.48. The van der Waals surface area contributed by atoms with Gasteiger partial charge >= 0.3 is 5.97 Å². The third kappa shape index (κ3) is 4.23. The van der Waals surface area contributed by atoms with E-state index in [0.717, 1.165) is 14.5 Å². The number of hydrogen-bond donors (Lipinski definition) is 2. The molecule has 0 aliphatic rings. The van der Waals surface area contributed by atoms with Crippen LogP contribution in [0, 0.1) is 0 Å². The Kier molecular flexibility index (Phi) is 5.44. The van der Waals surface area contributed by atoms with Gasteiger partial charge in [-0.1, -0.05) is 31.9 Å². The second kappa shape index (κ2) is 6.37. The molecule has 0 aliphatic heterocycles. The number of carbonyl (C=O) groups is 1. The molecule has 0 aromatic heterocycles. The monoisotopic (exact) mass is 349 g/mol. The maximum atomic E-state index is 10.4. The Hall–Kier alpha value is -0.390. The first-order chi connectivity index (χ1) is 7.50. The van der Waals surface area contributed by atoms with Gasteiger partial charge in [0, 0.05) is 21.4 Å². The standard InChI is InChI=1S/C11H13Br2NO2/c12-7-4-5-9(13)8(6-7)10(14)2-1-3-11(15)16/h4-6,10H,1-3,14H2,(H,15,16). The Morgan fingerprint density at radius 2 is 2.12 bits per heavy atom. The Balaban J connectivity index is 2.61. The second-order valence-electron chi connectivity index (χ2n) is 3.56. The predicted octanol–water partition coefficient (Wildman–Crippen LogP) is 3.47. The molecule has 0 radical (unpaired) electrons. The fraction of sp³-hybridized carbons (Fsp3) is 0.364. The normalized spacial score (nSPS) is 12.4. The molecule has 1 aromatic rings. The first-order valence-corrected chi connectivity index (χ1v) is 6.51. The van der Waals surface area contributed by atoms with Crippen molar-refractivity contribution in [1.82, 2.24) is 0 Å².